The minimum atomic E-state index is -0.420. The Morgan fingerprint density at radius 2 is 1.84 bits per heavy atom. The largest absolute Gasteiger partial charge is 0.444 e. The van der Waals surface area contributed by atoms with Crippen LogP contribution in [0.3, 0.4) is 0 Å². The summed E-state index contributed by atoms with van der Waals surface area (Å²) in [6.07, 6.45) is 6.75. The van der Waals surface area contributed by atoms with Crippen molar-refractivity contribution in [2.24, 2.45) is 0 Å². The van der Waals surface area contributed by atoms with Crippen molar-refractivity contribution in [3.8, 4) is 0 Å². The van der Waals surface area contributed by atoms with Crippen LogP contribution in [0.4, 0.5) is 4.79 Å². The van der Waals surface area contributed by atoms with Crippen molar-refractivity contribution < 1.29 is 9.53 Å². The fraction of sp³-hybridized carbons (Fsp3) is 0.950. The number of hydrogen-bond acceptors (Lipinski definition) is 4. The summed E-state index contributed by atoms with van der Waals surface area (Å²) in [5, 5.41) is 3.81. The Hall–Kier alpha value is -0.810. The fourth-order valence-corrected chi connectivity index (χ4v) is 4.10. The summed E-state index contributed by atoms with van der Waals surface area (Å²) in [4.78, 5) is 17.0. The van der Waals surface area contributed by atoms with Crippen molar-refractivity contribution in [1.82, 2.24) is 15.1 Å². The molecule has 25 heavy (non-hydrogen) atoms. The lowest BCUT2D eigenvalue weighted by molar-refractivity contribution is 0.00767. The third-order valence-electron chi connectivity index (χ3n) is 5.44. The smallest absolute Gasteiger partial charge is 0.410 e. The van der Waals surface area contributed by atoms with Gasteiger partial charge in [0.15, 0.2) is 0 Å². The molecule has 146 valence electrons. The van der Waals surface area contributed by atoms with Crippen molar-refractivity contribution in [3.63, 3.8) is 0 Å². The molecule has 2 aliphatic heterocycles. The van der Waals surface area contributed by atoms with Gasteiger partial charge < -0.3 is 19.9 Å². The Bertz CT molecular complexity index is 414. The topological polar surface area (TPSA) is 44.8 Å². The third-order valence-corrected chi connectivity index (χ3v) is 5.44. The summed E-state index contributed by atoms with van der Waals surface area (Å²) >= 11 is 0. The zero-order valence-electron chi connectivity index (χ0n) is 17.0. The van der Waals surface area contributed by atoms with Gasteiger partial charge in [0.2, 0.25) is 0 Å². The first-order valence-electron chi connectivity index (χ1n) is 10.3. The molecule has 2 fully saturated rings. The molecular formula is C20H39N3O2. The van der Waals surface area contributed by atoms with Crippen molar-refractivity contribution in [2.45, 2.75) is 96.9 Å². The van der Waals surface area contributed by atoms with E-state index in [1.807, 2.05) is 25.7 Å². The van der Waals surface area contributed by atoms with Gasteiger partial charge in [0, 0.05) is 24.7 Å². The van der Waals surface area contributed by atoms with Crippen LogP contribution in [-0.2, 0) is 4.74 Å². The van der Waals surface area contributed by atoms with Gasteiger partial charge in [-0.2, -0.15) is 0 Å². The zero-order chi connectivity index (χ0) is 18.4. The van der Waals surface area contributed by atoms with E-state index in [1.165, 1.54) is 32.4 Å². The lowest BCUT2D eigenvalue weighted by Gasteiger charge is -2.39. The van der Waals surface area contributed by atoms with Crippen LogP contribution in [0.2, 0.25) is 0 Å². The minimum absolute atomic E-state index is 0.138. The molecule has 0 radical (unpaired) electrons. The average molecular weight is 354 g/mol. The van der Waals surface area contributed by atoms with Crippen molar-refractivity contribution >= 4 is 6.09 Å². The molecule has 2 rings (SSSR count). The van der Waals surface area contributed by atoms with Crippen LogP contribution in [0.25, 0.3) is 0 Å². The monoisotopic (exact) mass is 353 g/mol. The third kappa shape index (κ3) is 6.78. The summed E-state index contributed by atoms with van der Waals surface area (Å²) in [6, 6.07) is 1.37. The van der Waals surface area contributed by atoms with Gasteiger partial charge in [-0.15, -0.1) is 0 Å². The second kappa shape index (κ2) is 9.22. The van der Waals surface area contributed by atoms with Gasteiger partial charge in [-0.05, 0) is 85.9 Å². The number of hydrogen-bond donors (Lipinski definition) is 1. The quantitative estimate of drug-likeness (QED) is 0.820. The van der Waals surface area contributed by atoms with Gasteiger partial charge in [-0.3, -0.25) is 0 Å². The van der Waals surface area contributed by atoms with Crippen LogP contribution in [0.15, 0.2) is 0 Å². The van der Waals surface area contributed by atoms with E-state index in [-0.39, 0.29) is 6.09 Å². The molecule has 0 aromatic carbocycles. The Morgan fingerprint density at radius 3 is 2.44 bits per heavy atom. The van der Waals surface area contributed by atoms with E-state index in [0.717, 1.165) is 32.4 Å². The van der Waals surface area contributed by atoms with Gasteiger partial charge in [0.05, 0.1) is 0 Å². The van der Waals surface area contributed by atoms with E-state index in [4.69, 9.17) is 4.74 Å². The first-order chi connectivity index (χ1) is 11.8. The second-order valence-electron chi connectivity index (χ2n) is 8.84. The SMILES string of the molecule is CCN1CCC(NC(C)CC2CCCCN2C(=O)OC(C)(C)C)CC1. The molecule has 5 heteroatoms. The number of amides is 1. The number of nitrogens with one attached hydrogen (secondary N) is 1. The minimum Gasteiger partial charge on any atom is -0.444 e. The van der Waals surface area contributed by atoms with Crippen molar-refractivity contribution in [1.29, 1.82) is 0 Å². The molecule has 0 saturated carbocycles. The molecule has 1 N–H and O–H groups in total. The number of ether oxygens (including phenoxy) is 1. The predicted octanol–water partition coefficient (Wildman–Crippen LogP) is 3.63. The maximum atomic E-state index is 12.5. The van der Waals surface area contributed by atoms with Crippen molar-refractivity contribution in [2.75, 3.05) is 26.2 Å². The van der Waals surface area contributed by atoms with Crippen LogP contribution in [0, 0.1) is 0 Å². The van der Waals surface area contributed by atoms with E-state index in [9.17, 15) is 4.79 Å². The number of carbonyl (C=O) groups excluding carboxylic acids is 1. The predicted molar refractivity (Wildman–Crippen MR) is 103 cm³/mol. The fourth-order valence-electron chi connectivity index (χ4n) is 4.10. The van der Waals surface area contributed by atoms with Crippen LogP contribution in [0.5, 0.6) is 0 Å². The van der Waals surface area contributed by atoms with Gasteiger partial charge in [0.1, 0.15) is 5.60 Å². The molecule has 1 amide bonds. The lowest BCUT2D eigenvalue weighted by Crippen LogP contribution is -2.50. The highest BCUT2D eigenvalue weighted by molar-refractivity contribution is 5.68. The Labute approximate surface area is 154 Å². The highest BCUT2D eigenvalue weighted by atomic mass is 16.6. The number of carbonyl (C=O) groups is 1. The van der Waals surface area contributed by atoms with E-state index >= 15 is 0 Å². The van der Waals surface area contributed by atoms with Crippen LogP contribution in [-0.4, -0.2) is 65.8 Å². The first-order valence-corrected chi connectivity index (χ1v) is 10.3. The van der Waals surface area contributed by atoms with E-state index < -0.39 is 5.60 Å². The van der Waals surface area contributed by atoms with Gasteiger partial charge in [-0.1, -0.05) is 6.92 Å². The summed E-state index contributed by atoms with van der Waals surface area (Å²) < 4.78 is 5.62. The molecule has 0 aromatic rings. The summed E-state index contributed by atoms with van der Waals surface area (Å²) in [6.45, 7) is 14.7. The average Bonchev–Trinajstić information content (AvgIpc) is 2.54. The molecule has 0 aliphatic carbocycles. The van der Waals surface area contributed by atoms with E-state index in [2.05, 4.69) is 24.1 Å². The highest BCUT2D eigenvalue weighted by Crippen LogP contribution is 2.24. The number of nitrogens with zero attached hydrogens (tertiary/aromatic N) is 2. The first kappa shape index (κ1) is 20.5. The maximum Gasteiger partial charge on any atom is 0.410 e. The molecular weight excluding hydrogens is 314 g/mol. The maximum absolute atomic E-state index is 12.5. The Balaban J connectivity index is 1.82. The van der Waals surface area contributed by atoms with Gasteiger partial charge in [-0.25, -0.2) is 4.79 Å². The van der Waals surface area contributed by atoms with Crippen LogP contribution in [0.1, 0.15) is 73.1 Å². The van der Waals surface area contributed by atoms with Gasteiger partial charge >= 0.3 is 6.09 Å². The number of piperidine rings is 2. The molecule has 2 atom stereocenters. The standard InChI is InChI=1S/C20H39N3O2/c1-6-22-13-10-17(11-14-22)21-16(2)15-18-9-7-8-12-23(18)19(24)25-20(3,4)5/h16-18,21H,6-15H2,1-5H3. The normalized spacial score (nSPS) is 25.0. The van der Waals surface area contributed by atoms with Crippen molar-refractivity contribution in [3.05, 3.63) is 0 Å². The van der Waals surface area contributed by atoms with E-state index in [1.54, 1.807) is 0 Å². The molecule has 0 aromatic heterocycles. The number of rotatable bonds is 5. The van der Waals surface area contributed by atoms with E-state index in [0.29, 0.717) is 18.1 Å². The highest BCUT2D eigenvalue weighted by Gasteiger charge is 2.31. The molecule has 0 spiro atoms. The summed E-state index contributed by atoms with van der Waals surface area (Å²) in [7, 11) is 0. The summed E-state index contributed by atoms with van der Waals surface area (Å²) in [5.41, 5.74) is -0.420. The molecule has 5 nitrogen and oxygen atoms in total. The lowest BCUT2D eigenvalue weighted by atomic mass is 9.95. The summed E-state index contributed by atoms with van der Waals surface area (Å²) in [5.74, 6) is 0. The van der Waals surface area contributed by atoms with Crippen LogP contribution < -0.4 is 5.32 Å². The Kier molecular flexibility index (Phi) is 7.56. The van der Waals surface area contributed by atoms with Crippen LogP contribution >= 0.6 is 0 Å². The van der Waals surface area contributed by atoms with Gasteiger partial charge in [0.25, 0.3) is 0 Å². The molecule has 2 aliphatic rings. The molecule has 2 heterocycles. The number of likely N-dealkylation sites (tertiary alicyclic amines) is 2. The second-order valence-corrected chi connectivity index (χ2v) is 8.84. The molecule has 2 saturated heterocycles. The molecule has 0 bridgehead atoms. The zero-order valence-corrected chi connectivity index (χ0v) is 17.0. The molecule has 2 unspecified atom stereocenters. The Morgan fingerprint density at radius 1 is 1.16 bits per heavy atom.